The predicted octanol–water partition coefficient (Wildman–Crippen LogP) is 6.65. The molecule has 3 rings (SSSR count). The third kappa shape index (κ3) is 4.05. The van der Waals surface area contributed by atoms with Gasteiger partial charge in [-0.2, -0.15) is 5.26 Å². The number of hydrogen-bond donors (Lipinski definition) is 1. The molecule has 0 bridgehead atoms. The minimum atomic E-state index is 0.143. The first-order chi connectivity index (χ1) is 12.0. The monoisotopic (exact) mass is 450 g/mol. The Labute approximate surface area is 166 Å². The van der Waals surface area contributed by atoms with Crippen molar-refractivity contribution in [1.29, 1.82) is 5.26 Å². The quantitative estimate of drug-likeness (QED) is 0.453. The highest BCUT2D eigenvalue weighted by Gasteiger charge is 2.12. The first-order valence-corrected chi connectivity index (χ1v) is 9.42. The Morgan fingerprint density at radius 1 is 1.24 bits per heavy atom. The number of aromatic nitrogens is 1. The molecule has 3 aromatic rings. The Balaban J connectivity index is 1.98. The zero-order valence-electron chi connectivity index (χ0n) is 12.5. The lowest BCUT2D eigenvalue weighted by molar-refractivity contribution is 0.472. The number of allylic oxidation sites excluding steroid dienone is 1. The number of nitriles is 1. The number of nitrogens with zero attached hydrogens (tertiary/aromatic N) is 2. The van der Waals surface area contributed by atoms with Crippen LogP contribution in [0, 0.1) is 11.3 Å². The molecule has 0 spiro atoms. The van der Waals surface area contributed by atoms with E-state index in [4.69, 9.17) is 23.2 Å². The molecule has 0 aliphatic heterocycles. The van der Waals surface area contributed by atoms with Crippen molar-refractivity contribution in [3.8, 4) is 23.1 Å². The van der Waals surface area contributed by atoms with Crippen LogP contribution >= 0.6 is 50.5 Å². The van der Waals surface area contributed by atoms with Gasteiger partial charge in [0.25, 0.3) is 0 Å². The smallest absolute Gasteiger partial charge is 0.134 e. The lowest BCUT2D eigenvalue weighted by Gasteiger charge is -2.01. The molecule has 0 atom stereocenters. The summed E-state index contributed by atoms with van der Waals surface area (Å²) in [6, 6.07) is 12.4. The van der Waals surface area contributed by atoms with Crippen LogP contribution in [0.1, 0.15) is 10.6 Å². The van der Waals surface area contributed by atoms with Crippen LogP contribution in [0.4, 0.5) is 0 Å². The highest BCUT2D eigenvalue weighted by molar-refractivity contribution is 9.10. The molecule has 0 fully saturated rings. The molecule has 1 N–H and O–H groups in total. The second-order valence-electron chi connectivity index (χ2n) is 5.04. The number of halogens is 3. The summed E-state index contributed by atoms with van der Waals surface area (Å²) in [4.78, 5) is 4.52. The average Bonchev–Trinajstić information content (AvgIpc) is 3.05. The summed E-state index contributed by atoms with van der Waals surface area (Å²) < 4.78 is 0.561. The number of hydrogen-bond acceptors (Lipinski definition) is 4. The third-order valence-corrected chi connectivity index (χ3v) is 5.40. The van der Waals surface area contributed by atoms with Crippen LogP contribution < -0.4 is 0 Å². The fraction of sp³-hybridized carbons (Fsp3) is 0. The number of phenols is 1. The molecule has 0 amide bonds. The molecule has 7 heteroatoms. The summed E-state index contributed by atoms with van der Waals surface area (Å²) in [7, 11) is 0. The summed E-state index contributed by atoms with van der Waals surface area (Å²) in [6.45, 7) is 0. The third-order valence-electron chi connectivity index (χ3n) is 3.34. The Bertz CT molecular complexity index is 1020. The van der Waals surface area contributed by atoms with Crippen molar-refractivity contribution in [2.24, 2.45) is 0 Å². The summed E-state index contributed by atoms with van der Waals surface area (Å²) in [5.41, 5.74) is 2.66. The zero-order valence-corrected chi connectivity index (χ0v) is 16.4. The predicted molar refractivity (Wildman–Crippen MR) is 107 cm³/mol. The SMILES string of the molecule is N#C/C(=C/c1ccc(O)c(Br)c1)c1nc(-c2ccc(Cl)cc2Cl)cs1. The van der Waals surface area contributed by atoms with Gasteiger partial charge >= 0.3 is 0 Å². The molecule has 0 saturated heterocycles. The minimum Gasteiger partial charge on any atom is -0.507 e. The van der Waals surface area contributed by atoms with Crippen molar-refractivity contribution in [3.63, 3.8) is 0 Å². The van der Waals surface area contributed by atoms with Gasteiger partial charge in [0.15, 0.2) is 0 Å². The van der Waals surface area contributed by atoms with Crippen LogP contribution in [0.5, 0.6) is 5.75 Å². The molecule has 0 saturated carbocycles. The molecule has 2 aromatic carbocycles. The van der Waals surface area contributed by atoms with Crippen LogP contribution in [0.15, 0.2) is 46.3 Å². The fourth-order valence-electron chi connectivity index (χ4n) is 2.14. The van der Waals surface area contributed by atoms with Crippen LogP contribution in [-0.4, -0.2) is 10.1 Å². The van der Waals surface area contributed by atoms with E-state index >= 15 is 0 Å². The van der Waals surface area contributed by atoms with Gasteiger partial charge in [-0.15, -0.1) is 11.3 Å². The van der Waals surface area contributed by atoms with E-state index in [0.29, 0.717) is 30.8 Å². The topological polar surface area (TPSA) is 56.9 Å². The molecular weight excluding hydrogens is 443 g/mol. The molecule has 0 unspecified atom stereocenters. The summed E-state index contributed by atoms with van der Waals surface area (Å²) in [5, 5.41) is 22.5. The second-order valence-corrected chi connectivity index (χ2v) is 7.60. The van der Waals surface area contributed by atoms with Gasteiger partial charge in [-0.25, -0.2) is 4.98 Å². The first-order valence-electron chi connectivity index (χ1n) is 6.99. The van der Waals surface area contributed by atoms with Crippen molar-refractivity contribution in [3.05, 3.63) is 66.9 Å². The summed E-state index contributed by atoms with van der Waals surface area (Å²) >= 11 is 16.8. The van der Waals surface area contributed by atoms with E-state index in [2.05, 4.69) is 27.0 Å². The molecule has 3 nitrogen and oxygen atoms in total. The van der Waals surface area contributed by atoms with Gasteiger partial charge in [0.05, 0.1) is 20.8 Å². The highest BCUT2D eigenvalue weighted by Crippen LogP contribution is 2.33. The number of thiazole rings is 1. The van der Waals surface area contributed by atoms with E-state index in [1.165, 1.54) is 11.3 Å². The van der Waals surface area contributed by atoms with Gasteiger partial charge in [-0.05, 0) is 57.9 Å². The number of aromatic hydroxyl groups is 1. The van der Waals surface area contributed by atoms with E-state index in [-0.39, 0.29) is 5.75 Å². The maximum atomic E-state index is 9.56. The maximum Gasteiger partial charge on any atom is 0.134 e. The standard InChI is InChI=1S/C18H9BrCl2N2OS/c19-14-6-10(1-4-17(14)24)5-11(8-22)18-23-16(9-25-18)13-3-2-12(20)7-15(13)21/h1-7,9,24H/b11-5-. The van der Waals surface area contributed by atoms with Gasteiger partial charge < -0.3 is 5.11 Å². The molecule has 0 aliphatic rings. The minimum absolute atomic E-state index is 0.143. The van der Waals surface area contributed by atoms with Gasteiger partial charge in [0, 0.05) is 16.0 Å². The van der Waals surface area contributed by atoms with E-state index < -0.39 is 0 Å². The normalized spacial score (nSPS) is 11.4. The summed E-state index contributed by atoms with van der Waals surface area (Å²) in [5.74, 6) is 0.143. The number of rotatable bonds is 3. The fourth-order valence-corrected chi connectivity index (χ4v) is 3.83. The van der Waals surface area contributed by atoms with E-state index in [1.807, 2.05) is 5.38 Å². The Morgan fingerprint density at radius 2 is 2.04 bits per heavy atom. The Kier molecular flexibility index (Phi) is 5.45. The van der Waals surface area contributed by atoms with E-state index in [9.17, 15) is 10.4 Å². The molecule has 0 aliphatic carbocycles. The van der Waals surface area contributed by atoms with Crippen molar-refractivity contribution >= 4 is 62.1 Å². The van der Waals surface area contributed by atoms with Crippen LogP contribution in [-0.2, 0) is 0 Å². The molecule has 1 heterocycles. The average molecular weight is 452 g/mol. The van der Waals surface area contributed by atoms with Crippen molar-refractivity contribution in [2.75, 3.05) is 0 Å². The lowest BCUT2D eigenvalue weighted by Crippen LogP contribution is -1.84. The molecule has 124 valence electrons. The van der Waals surface area contributed by atoms with Gasteiger partial charge in [0.1, 0.15) is 16.8 Å². The van der Waals surface area contributed by atoms with Crippen molar-refractivity contribution in [2.45, 2.75) is 0 Å². The van der Waals surface area contributed by atoms with Crippen molar-refractivity contribution in [1.82, 2.24) is 4.98 Å². The zero-order chi connectivity index (χ0) is 18.0. The Hall–Kier alpha value is -1.84. The molecule has 0 radical (unpaired) electrons. The van der Waals surface area contributed by atoms with Gasteiger partial charge in [-0.3, -0.25) is 0 Å². The van der Waals surface area contributed by atoms with Gasteiger partial charge in [-0.1, -0.05) is 29.3 Å². The lowest BCUT2D eigenvalue weighted by atomic mass is 10.1. The van der Waals surface area contributed by atoms with E-state index in [0.717, 1.165) is 11.1 Å². The first kappa shape index (κ1) is 18.0. The van der Waals surface area contributed by atoms with Crippen LogP contribution in [0.3, 0.4) is 0 Å². The largest absolute Gasteiger partial charge is 0.507 e. The number of phenolic OH excluding ortho intramolecular Hbond substituents is 1. The van der Waals surface area contributed by atoms with Crippen LogP contribution in [0.25, 0.3) is 22.9 Å². The van der Waals surface area contributed by atoms with Crippen LogP contribution in [0.2, 0.25) is 10.0 Å². The molecular formula is C18H9BrCl2N2OS. The highest BCUT2D eigenvalue weighted by atomic mass is 79.9. The van der Waals surface area contributed by atoms with Crippen molar-refractivity contribution < 1.29 is 5.11 Å². The maximum absolute atomic E-state index is 9.56. The number of benzene rings is 2. The molecule has 1 aromatic heterocycles. The van der Waals surface area contributed by atoms with Gasteiger partial charge in [0.2, 0.25) is 0 Å². The Morgan fingerprint density at radius 3 is 2.72 bits per heavy atom. The van der Waals surface area contributed by atoms with E-state index in [1.54, 1.807) is 42.5 Å². The second kappa shape index (κ2) is 7.59. The summed E-state index contributed by atoms with van der Waals surface area (Å²) in [6.07, 6.45) is 1.72. The molecule has 25 heavy (non-hydrogen) atoms.